The number of hydrogen-bond acceptors (Lipinski definition) is 4. The topological polar surface area (TPSA) is 80.4 Å². The van der Waals surface area contributed by atoms with E-state index >= 15 is 0 Å². The molecule has 1 rings (SSSR count). The Hall–Kier alpha value is -0.130. The van der Waals surface area contributed by atoms with E-state index in [9.17, 15) is 13.5 Å². The summed E-state index contributed by atoms with van der Waals surface area (Å²) in [6, 6.07) is -0.211. The first-order valence-electron chi connectivity index (χ1n) is 7.00. The Kier molecular flexibility index (Phi) is 6.08. The Labute approximate surface area is 111 Å². The number of aliphatic hydroxyl groups is 1. The highest BCUT2D eigenvalue weighted by Crippen LogP contribution is 2.28. The minimum absolute atomic E-state index is 0.164. The van der Waals surface area contributed by atoms with Gasteiger partial charge in [0.25, 0.3) is 0 Å². The summed E-state index contributed by atoms with van der Waals surface area (Å²) in [5, 5.41) is 9.23. The Bertz CT molecular complexity index is 334. The lowest BCUT2D eigenvalue weighted by Gasteiger charge is -2.26. The molecule has 0 aromatic rings. The molecular formula is C13H27NO3S. The fourth-order valence-corrected chi connectivity index (χ4v) is 3.80. The van der Waals surface area contributed by atoms with Gasteiger partial charge in [-0.1, -0.05) is 32.1 Å². The molecule has 0 bridgehead atoms. The van der Waals surface area contributed by atoms with Gasteiger partial charge < -0.3 is 10.8 Å². The van der Waals surface area contributed by atoms with Gasteiger partial charge in [-0.15, -0.1) is 0 Å². The zero-order valence-electron chi connectivity index (χ0n) is 11.5. The van der Waals surface area contributed by atoms with Gasteiger partial charge in [0.2, 0.25) is 0 Å². The smallest absolute Gasteiger partial charge is 0.179 e. The highest BCUT2D eigenvalue weighted by atomic mass is 32.2. The largest absolute Gasteiger partial charge is 0.377 e. The van der Waals surface area contributed by atoms with Crippen LogP contribution in [0.2, 0.25) is 0 Å². The van der Waals surface area contributed by atoms with Crippen molar-refractivity contribution in [3.63, 3.8) is 0 Å². The molecule has 3 N–H and O–H groups in total. The van der Waals surface area contributed by atoms with E-state index in [-0.39, 0.29) is 12.5 Å². The Morgan fingerprint density at radius 1 is 1.22 bits per heavy atom. The van der Waals surface area contributed by atoms with Gasteiger partial charge >= 0.3 is 0 Å². The maximum atomic E-state index is 11.8. The summed E-state index contributed by atoms with van der Waals surface area (Å²) in [4.78, 5) is 0. The van der Waals surface area contributed by atoms with E-state index in [0.717, 1.165) is 6.42 Å². The van der Waals surface area contributed by atoms with Crippen LogP contribution < -0.4 is 5.73 Å². The molecule has 0 spiro atoms. The predicted octanol–water partition coefficient (Wildman–Crippen LogP) is 1.82. The lowest BCUT2D eigenvalue weighted by Crippen LogP contribution is -2.35. The van der Waals surface area contributed by atoms with Gasteiger partial charge in [0.1, 0.15) is 0 Å². The van der Waals surface area contributed by atoms with Crippen molar-refractivity contribution in [2.45, 2.75) is 75.5 Å². The highest BCUT2D eigenvalue weighted by Gasteiger charge is 2.29. The monoisotopic (exact) mass is 277 g/mol. The Balaban J connectivity index is 2.41. The van der Waals surface area contributed by atoms with Crippen LogP contribution in [0.5, 0.6) is 0 Å². The summed E-state index contributed by atoms with van der Waals surface area (Å²) < 4.78 is 23.5. The lowest BCUT2D eigenvalue weighted by molar-refractivity contribution is 0.212. The van der Waals surface area contributed by atoms with E-state index in [1.807, 2.05) is 0 Å². The summed E-state index contributed by atoms with van der Waals surface area (Å²) in [5.41, 5.74) is 4.67. The lowest BCUT2D eigenvalue weighted by atomic mass is 9.84. The van der Waals surface area contributed by atoms with Crippen LogP contribution in [0.25, 0.3) is 0 Å². The van der Waals surface area contributed by atoms with Gasteiger partial charge in [-0.05, 0) is 26.2 Å². The molecule has 1 saturated carbocycles. The summed E-state index contributed by atoms with van der Waals surface area (Å²) in [5.74, 6) is 0.614. The molecule has 2 unspecified atom stereocenters. The van der Waals surface area contributed by atoms with Crippen LogP contribution in [-0.4, -0.2) is 30.3 Å². The molecule has 0 heterocycles. The molecule has 0 amide bonds. The van der Waals surface area contributed by atoms with Crippen LogP contribution in [0.4, 0.5) is 0 Å². The number of hydrogen-bond donors (Lipinski definition) is 2. The molecule has 18 heavy (non-hydrogen) atoms. The van der Waals surface area contributed by atoms with E-state index in [1.54, 1.807) is 13.8 Å². The Morgan fingerprint density at radius 3 is 2.28 bits per heavy atom. The van der Waals surface area contributed by atoms with Gasteiger partial charge in [0, 0.05) is 12.5 Å². The molecule has 5 heteroatoms. The molecule has 108 valence electrons. The number of rotatable bonds is 6. The molecule has 1 aliphatic rings. The number of aliphatic hydroxyl groups excluding tert-OH is 1. The molecule has 1 aliphatic carbocycles. The van der Waals surface area contributed by atoms with Crippen molar-refractivity contribution in [2.24, 2.45) is 11.7 Å². The maximum absolute atomic E-state index is 11.8. The van der Waals surface area contributed by atoms with E-state index in [1.165, 1.54) is 32.1 Å². The minimum Gasteiger partial charge on any atom is -0.377 e. The fraction of sp³-hybridized carbons (Fsp3) is 1.00. The van der Waals surface area contributed by atoms with Crippen LogP contribution in [-0.2, 0) is 9.84 Å². The normalized spacial score (nSPS) is 22.1. The van der Waals surface area contributed by atoms with Crippen molar-refractivity contribution in [3.8, 4) is 0 Å². The molecule has 0 aromatic carbocycles. The average Bonchev–Trinajstić information content (AvgIpc) is 2.29. The third-order valence-electron chi connectivity index (χ3n) is 3.90. The third kappa shape index (κ3) is 4.52. The average molecular weight is 277 g/mol. The first-order valence-corrected chi connectivity index (χ1v) is 8.61. The van der Waals surface area contributed by atoms with Gasteiger partial charge in [0.05, 0.1) is 5.25 Å². The molecule has 0 radical (unpaired) electrons. The Morgan fingerprint density at radius 2 is 1.78 bits per heavy atom. The standard InChI is InChI=1S/C13H27NO3S/c1-10(2)18(16,17)13(15)9-12(14)8-11-6-4-3-5-7-11/h10-13,15H,3-9,14H2,1-2H3. The maximum Gasteiger partial charge on any atom is 0.179 e. The van der Waals surface area contributed by atoms with E-state index in [4.69, 9.17) is 5.73 Å². The van der Waals surface area contributed by atoms with Crippen molar-refractivity contribution in [2.75, 3.05) is 0 Å². The summed E-state index contributed by atoms with van der Waals surface area (Å²) in [6.07, 6.45) is 7.20. The van der Waals surface area contributed by atoms with Crippen LogP contribution in [0, 0.1) is 5.92 Å². The first-order chi connectivity index (χ1) is 8.34. The first kappa shape index (κ1) is 15.9. The van der Waals surface area contributed by atoms with Crippen LogP contribution in [0.15, 0.2) is 0 Å². The van der Waals surface area contributed by atoms with Gasteiger partial charge in [-0.3, -0.25) is 0 Å². The zero-order valence-corrected chi connectivity index (χ0v) is 12.3. The predicted molar refractivity (Wildman–Crippen MR) is 73.8 cm³/mol. The minimum atomic E-state index is -3.44. The second kappa shape index (κ2) is 6.87. The van der Waals surface area contributed by atoms with Crippen molar-refractivity contribution < 1.29 is 13.5 Å². The van der Waals surface area contributed by atoms with Crippen molar-refractivity contribution in [1.82, 2.24) is 0 Å². The summed E-state index contributed by atoms with van der Waals surface area (Å²) in [6.45, 7) is 3.18. The molecule has 0 aromatic heterocycles. The fourth-order valence-electron chi connectivity index (χ4n) is 2.65. The van der Waals surface area contributed by atoms with Crippen LogP contribution >= 0.6 is 0 Å². The van der Waals surface area contributed by atoms with Crippen molar-refractivity contribution in [3.05, 3.63) is 0 Å². The number of sulfone groups is 1. The summed E-state index contributed by atoms with van der Waals surface area (Å²) in [7, 11) is -3.44. The van der Waals surface area contributed by atoms with E-state index in [0.29, 0.717) is 5.92 Å². The van der Waals surface area contributed by atoms with Crippen LogP contribution in [0.3, 0.4) is 0 Å². The second-order valence-corrected chi connectivity index (χ2v) is 8.49. The number of nitrogens with two attached hydrogens (primary N) is 1. The van der Waals surface area contributed by atoms with Crippen molar-refractivity contribution in [1.29, 1.82) is 0 Å². The zero-order chi connectivity index (χ0) is 13.8. The molecule has 4 nitrogen and oxygen atoms in total. The highest BCUT2D eigenvalue weighted by molar-refractivity contribution is 7.92. The molecule has 0 saturated heterocycles. The quantitative estimate of drug-likeness (QED) is 0.776. The van der Waals surface area contributed by atoms with E-state index < -0.39 is 20.5 Å². The SMILES string of the molecule is CC(C)S(=O)(=O)C(O)CC(N)CC1CCCCC1. The van der Waals surface area contributed by atoms with Gasteiger partial charge in [0.15, 0.2) is 15.3 Å². The molecule has 0 aliphatic heterocycles. The molecule has 2 atom stereocenters. The van der Waals surface area contributed by atoms with Crippen LogP contribution in [0.1, 0.15) is 58.8 Å². The van der Waals surface area contributed by atoms with E-state index in [2.05, 4.69) is 0 Å². The summed E-state index contributed by atoms with van der Waals surface area (Å²) >= 11 is 0. The second-order valence-electron chi connectivity index (χ2n) is 5.83. The van der Waals surface area contributed by atoms with Crippen molar-refractivity contribution >= 4 is 9.84 Å². The third-order valence-corrected chi connectivity index (χ3v) is 6.17. The van der Waals surface area contributed by atoms with Gasteiger partial charge in [-0.2, -0.15) is 0 Å². The van der Waals surface area contributed by atoms with Gasteiger partial charge in [-0.25, -0.2) is 8.42 Å². The molecule has 1 fully saturated rings. The molecular weight excluding hydrogens is 250 g/mol.